The lowest BCUT2D eigenvalue weighted by Gasteiger charge is -2.33. The van der Waals surface area contributed by atoms with Gasteiger partial charge in [-0.15, -0.1) is 0 Å². The maximum Gasteiger partial charge on any atom is 0.0702 e. The van der Waals surface area contributed by atoms with Crippen LogP contribution in [0.5, 0.6) is 0 Å². The van der Waals surface area contributed by atoms with Crippen molar-refractivity contribution in [2.45, 2.75) is 83.5 Å². The van der Waals surface area contributed by atoms with E-state index < -0.39 is 0 Å². The highest BCUT2D eigenvalue weighted by molar-refractivity contribution is 9.10. The summed E-state index contributed by atoms with van der Waals surface area (Å²) in [6.07, 6.45) is 14.8. The number of hydrogen-bond donors (Lipinski definition) is 0. The monoisotopic (exact) mass is 489 g/mol. The molecule has 0 N–H and O–H groups in total. The highest BCUT2D eigenvalue weighted by Crippen LogP contribution is 2.55. The number of halogens is 1. The number of nitrogens with zero attached hydrogens (tertiary/aromatic N) is 1. The van der Waals surface area contributed by atoms with Crippen LogP contribution in [-0.4, -0.2) is 4.98 Å². The third kappa shape index (κ3) is 4.71. The molecule has 0 amide bonds. The Balaban J connectivity index is 1.81. The van der Waals surface area contributed by atoms with Gasteiger partial charge in [0, 0.05) is 21.6 Å². The molecule has 0 saturated carbocycles. The molecule has 1 nitrogen and oxygen atoms in total. The largest absolute Gasteiger partial charge is 0.256 e. The fourth-order valence-corrected chi connectivity index (χ4v) is 5.89. The molecule has 0 radical (unpaired) electrons. The van der Waals surface area contributed by atoms with Crippen molar-refractivity contribution in [1.29, 1.82) is 0 Å². The maximum atomic E-state index is 4.65. The number of unbranched alkanes of at least 4 members (excludes halogenated alkanes) is 6. The van der Waals surface area contributed by atoms with E-state index in [0.717, 1.165) is 5.69 Å². The third-order valence-corrected chi connectivity index (χ3v) is 7.69. The summed E-state index contributed by atoms with van der Waals surface area (Å²) >= 11 is 3.79. The van der Waals surface area contributed by atoms with E-state index in [-0.39, 0.29) is 5.41 Å². The van der Waals surface area contributed by atoms with Crippen LogP contribution in [0.4, 0.5) is 0 Å². The Morgan fingerprint density at radius 1 is 0.719 bits per heavy atom. The van der Waals surface area contributed by atoms with Gasteiger partial charge < -0.3 is 0 Å². The Morgan fingerprint density at radius 2 is 1.38 bits per heavy atom. The van der Waals surface area contributed by atoms with E-state index in [9.17, 15) is 0 Å². The molecule has 1 aliphatic rings. The smallest absolute Gasteiger partial charge is 0.0702 e. The summed E-state index contributed by atoms with van der Waals surface area (Å²) in [7, 11) is 0. The van der Waals surface area contributed by atoms with Gasteiger partial charge in [0.25, 0.3) is 0 Å². The van der Waals surface area contributed by atoms with Crippen molar-refractivity contribution in [2.75, 3.05) is 0 Å². The summed E-state index contributed by atoms with van der Waals surface area (Å²) in [4.78, 5) is 4.65. The van der Waals surface area contributed by atoms with E-state index in [2.05, 4.69) is 83.3 Å². The van der Waals surface area contributed by atoms with Gasteiger partial charge in [-0.05, 0) is 65.4 Å². The Kier molecular flexibility index (Phi) is 7.84. The quantitative estimate of drug-likeness (QED) is 0.244. The van der Waals surface area contributed by atoms with Crippen molar-refractivity contribution in [1.82, 2.24) is 4.98 Å². The second-order valence-corrected chi connectivity index (χ2v) is 10.3. The predicted octanol–water partition coefficient (Wildman–Crippen LogP) is 9.72. The molecule has 3 aromatic rings. The van der Waals surface area contributed by atoms with Crippen molar-refractivity contribution in [3.8, 4) is 22.4 Å². The van der Waals surface area contributed by atoms with E-state index in [1.54, 1.807) is 0 Å². The normalized spacial score (nSPS) is 13.7. The van der Waals surface area contributed by atoms with Crippen molar-refractivity contribution in [2.24, 2.45) is 0 Å². The SMILES string of the molecule is CCCCCCC1(CCCCCC)c2cc(Br)ccc2-c2ccc(-c3ccccn3)cc21. The maximum absolute atomic E-state index is 4.65. The summed E-state index contributed by atoms with van der Waals surface area (Å²) in [5, 5.41) is 0. The van der Waals surface area contributed by atoms with Gasteiger partial charge in [-0.1, -0.05) is 105 Å². The van der Waals surface area contributed by atoms with Crippen LogP contribution < -0.4 is 0 Å². The summed E-state index contributed by atoms with van der Waals surface area (Å²) in [5.74, 6) is 0. The van der Waals surface area contributed by atoms with E-state index in [1.807, 2.05) is 12.3 Å². The molecule has 32 heavy (non-hydrogen) atoms. The summed E-state index contributed by atoms with van der Waals surface area (Å²) < 4.78 is 1.19. The highest BCUT2D eigenvalue weighted by atomic mass is 79.9. The van der Waals surface area contributed by atoms with Gasteiger partial charge in [-0.25, -0.2) is 0 Å². The minimum atomic E-state index is 0.112. The molecule has 1 aliphatic carbocycles. The summed E-state index contributed by atoms with van der Waals surface area (Å²) in [5.41, 5.74) is 8.34. The van der Waals surface area contributed by atoms with Crippen LogP contribution >= 0.6 is 15.9 Å². The molecule has 0 fully saturated rings. The minimum absolute atomic E-state index is 0.112. The fraction of sp³-hybridized carbons (Fsp3) is 0.433. The lowest BCUT2D eigenvalue weighted by Crippen LogP contribution is -2.25. The second-order valence-electron chi connectivity index (χ2n) is 9.37. The van der Waals surface area contributed by atoms with Gasteiger partial charge in [0.15, 0.2) is 0 Å². The molecule has 0 atom stereocenters. The van der Waals surface area contributed by atoms with Crippen LogP contribution in [0.2, 0.25) is 0 Å². The van der Waals surface area contributed by atoms with E-state index in [1.165, 1.54) is 96.5 Å². The molecule has 0 spiro atoms. The lowest BCUT2D eigenvalue weighted by atomic mass is 9.70. The first-order valence-electron chi connectivity index (χ1n) is 12.6. The van der Waals surface area contributed by atoms with Gasteiger partial charge in [0.05, 0.1) is 5.69 Å². The molecule has 2 heteroatoms. The highest BCUT2D eigenvalue weighted by Gasteiger charge is 2.42. The van der Waals surface area contributed by atoms with Crippen LogP contribution in [0.1, 0.15) is 89.2 Å². The van der Waals surface area contributed by atoms with Crippen molar-refractivity contribution in [3.05, 3.63) is 76.4 Å². The summed E-state index contributed by atoms with van der Waals surface area (Å²) in [6, 6.07) is 20.2. The Labute approximate surface area is 202 Å². The van der Waals surface area contributed by atoms with Crippen LogP contribution in [0.3, 0.4) is 0 Å². The predicted molar refractivity (Wildman–Crippen MR) is 141 cm³/mol. The lowest BCUT2D eigenvalue weighted by molar-refractivity contribution is 0.401. The zero-order valence-electron chi connectivity index (χ0n) is 19.7. The molecule has 168 valence electrons. The van der Waals surface area contributed by atoms with Gasteiger partial charge in [-0.3, -0.25) is 4.98 Å². The average Bonchev–Trinajstić information content (AvgIpc) is 3.09. The molecule has 1 aromatic heterocycles. The summed E-state index contributed by atoms with van der Waals surface area (Å²) in [6.45, 7) is 4.61. The van der Waals surface area contributed by atoms with Crippen LogP contribution in [0.15, 0.2) is 65.3 Å². The molecule has 4 rings (SSSR count). The van der Waals surface area contributed by atoms with Gasteiger partial charge in [0.1, 0.15) is 0 Å². The number of rotatable bonds is 11. The van der Waals surface area contributed by atoms with Gasteiger partial charge >= 0.3 is 0 Å². The molecule has 0 unspecified atom stereocenters. The van der Waals surface area contributed by atoms with Crippen LogP contribution in [0, 0.1) is 0 Å². The minimum Gasteiger partial charge on any atom is -0.256 e. The number of aromatic nitrogens is 1. The number of hydrogen-bond acceptors (Lipinski definition) is 1. The van der Waals surface area contributed by atoms with Crippen LogP contribution in [0.25, 0.3) is 22.4 Å². The Hall–Kier alpha value is -1.93. The number of benzene rings is 2. The average molecular weight is 491 g/mol. The molecule has 1 heterocycles. The molecular weight excluding hydrogens is 454 g/mol. The third-order valence-electron chi connectivity index (χ3n) is 7.20. The van der Waals surface area contributed by atoms with Crippen molar-refractivity contribution >= 4 is 15.9 Å². The number of fused-ring (bicyclic) bond motifs is 3. The van der Waals surface area contributed by atoms with Crippen LogP contribution in [-0.2, 0) is 5.41 Å². The second kappa shape index (κ2) is 10.8. The number of pyridine rings is 1. The standard InChI is InChI=1S/C30H36BrN/c1-3-5-7-10-18-30(19-11-8-6-4-2)27-21-23(29-13-9-12-20-32-29)14-16-25(27)26-17-15-24(31)22-28(26)30/h9,12-17,20-22H,3-8,10-11,18-19H2,1-2H3. The Bertz CT molecular complexity index is 1010. The zero-order valence-corrected chi connectivity index (χ0v) is 21.3. The van der Waals surface area contributed by atoms with E-state index in [0.29, 0.717) is 0 Å². The van der Waals surface area contributed by atoms with Crippen molar-refractivity contribution in [3.63, 3.8) is 0 Å². The molecular formula is C30H36BrN. The van der Waals surface area contributed by atoms with Crippen molar-refractivity contribution < 1.29 is 0 Å². The van der Waals surface area contributed by atoms with Gasteiger partial charge in [-0.2, -0.15) is 0 Å². The van der Waals surface area contributed by atoms with E-state index in [4.69, 9.17) is 0 Å². The Morgan fingerprint density at radius 3 is 2.00 bits per heavy atom. The first kappa shape index (κ1) is 23.2. The zero-order chi connectivity index (χ0) is 22.4. The molecule has 2 aromatic carbocycles. The molecule has 0 aliphatic heterocycles. The first-order chi connectivity index (χ1) is 15.7. The molecule has 0 bridgehead atoms. The van der Waals surface area contributed by atoms with Gasteiger partial charge in [0.2, 0.25) is 0 Å². The topological polar surface area (TPSA) is 12.9 Å². The van der Waals surface area contributed by atoms with E-state index >= 15 is 0 Å². The molecule has 0 saturated heterocycles. The first-order valence-corrected chi connectivity index (χ1v) is 13.3. The fourth-order valence-electron chi connectivity index (χ4n) is 5.53.